The fraction of sp³-hybridized carbons (Fsp3) is 0.882. The lowest BCUT2D eigenvalue weighted by molar-refractivity contribution is -0.143. The standard InChI is InChI=1S/C51H97NO5/c1-3-5-7-9-11-13-15-17-18-19-20-25-29-33-37-41-45-51(56)57-46-42-38-34-30-26-22-21-24-28-32-36-40-44-50(55)52-48(47-53)49(54)43-39-35-31-27-23-16-14-12-10-8-6-4-2/h18-19,22,26,48-49,53-54H,3-17,20-21,23-25,27-47H2,1-2H3,(H,52,55)/b19-18-,26-22-. The highest BCUT2D eigenvalue weighted by molar-refractivity contribution is 5.76. The van der Waals surface area contributed by atoms with Crippen molar-refractivity contribution in [3.05, 3.63) is 24.3 Å². The number of hydrogen-bond acceptors (Lipinski definition) is 5. The lowest BCUT2D eigenvalue weighted by Gasteiger charge is -2.22. The van der Waals surface area contributed by atoms with Crippen LogP contribution in [0.4, 0.5) is 0 Å². The van der Waals surface area contributed by atoms with Crippen LogP contribution in [-0.4, -0.2) is 47.4 Å². The number of allylic oxidation sites excluding steroid dienone is 4. The Bertz CT molecular complexity index is 889. The molecule has 57 heavy (non-hydrogen) atoms. The molecule has 0 aliphatic rings. The quantitative estimate of drug-likeness (QED) is 0.0324. The zero-order valence-electron chi connectivity index (χ0n) is 38.1. The number of carbonyl (C=O) groups is 2. The van der Waals surface area contributed by atoms with Gasteiger partial charge in [-0.2, -0.15) is 0 Å². The summed E-state index contributed by atoms with van der Waals surface area (Å²) in [7, 11) is 0. The van der Waals surface area contributed by atoms with Crippen molar-refractivity contribution in [1.29, 1.82) is 0 Å². The highest BCUT2D eigenvalue weighted by atomic mass is 16.5. The van der Waals surface area contributed by atoms with Crippen molar-refractivity contribution >= 4 is 11.9 Å². The van der Waals surface area contributed by atoms with E-state index in [1.54, 1.807) is 0 Å². The van der Waals surface area contributed by atoms with Crippen LogP contribution in [0.3, 0.4) is 0 Å². The number of unbranched alkanes of at least 4 members (excludes halogenated alkanes) is 31. The summed E-state index contributed by atoms with van der Waals surface area (Å²) in [5.41, 5.74) is 0. The van der Waals surface area contributed by atoms with Crippen LogP contribution in [0.15, 0.2) is 24.3 Å². The minimum Gasteiger partial charge on any atom is -0.466 e. The van der Waals surface area contributed by atoms with Crippen LogP contribution in [0, 0.1) is 0 Å². The first-order valence-electron chi connectivity index (χ1n) is 25.1. The molecule has 6 heteroatoms. The van der Waals surface area contributed by atoms with Crippen molar-refractivity contribution in [1.82, 2.24) is 5.32 Å². The number of hydrogen-bond donors (Lipinski definition) is 3. The molecule has 0 aromatic heterocycles. The molecule has 0 fully saturated rings. The van der Waals surface area contributed by atoms with Gasteiger partial charge in [-0.3, -0.25) is 9.59 Å². The molecule has 1 amide bonds. The molecule has 2 atom stereocenters. The van der Waals surface area contributed by atoms with E-state index < -0.39 is 12.1 Å². The van der Waals surface area contributed by atoms with Crippen LogP contribution in [0.25, 0.3) is 0 Å². The van der Waals surface area contributed by atoms with E-state index in [1.165, 1.54) is 154 Å². The number of aliphatic hydroxyl groups is 2. The first-order valence-corrected chi connectivity index (χ1v) is 25.1. The van der Waals surface area contributed by atoms with Crippen LogP contribution >= 0.6 is 0 Å². The summed E-state index contributed by atoms with van der Waals surface area (Å²) in [6, 6.07) is -0.559. The first kappa shape index (κ1) is 55.3. The topological polar surface area (TPSA) is 95.9 Å². The molecule has 3 N–H and O–H groups in total. The average Bonchev–Trinajstić information content (AvgIpc) is 3.21. The Kier molecular flexibility index (Phi) is 45.7. The molecule has 0 aromatic rings. The number of carbonyl (C=O) groups excluding carboxylic acids is 2. The number of nitrogens with one attached hydrogen (secondary N) is 1. The van der Waals surface area contributed by atoms with Crippen molar-refractivity contribution < 1.29 is 24.5 Å². The van der Waals surface area contributed by atoms with E-state index in [0.29, 0.717) is 25.9 Å². The molecule has 6 nitrogen and oxygen atoms in total. The Labute approximate surface area is 354 Å². The number of esters is 1. The number of aliphatic hydroxyl groups excluding tert-OH is 2. The summed E-state index contributed by atoms with van der Waals surface area (Å²) in [5, 5.41) is 23.1. The third-order valence-electron chi connectivity index (χ3n) is 11.5. The Hall–Kier alpha value is -1.66. The van der Waals surface area contributed by atoms with Gasteiger partial charge in [-0.15, -0.1) is 0 Å². The normalized spacial score (nSPS) is 12.8. The molecular formula is C51H97NO5. The van der Waals surface area contributed by atoms with E-state index in [1.807, 2.05) is 0 Å². The van der Waals surface area contributed by atoms with E-state index in [0.717, 1.165) is 77.0 Å². The second-order valence-corrected chi connectivity index (χ2v) is 17.1. The first-order chi connectivity index (χ1) is 28.0. The maximum atomic E-state index is 12.4. The maximum Gasteiger partial charge on any atom is 0.305 e. The van der Waals surface area contributed by atoms with Crippen LogP contribution in [-0.2, 0) is 14.3 Å². The summed E-state index contributed by atoms with van der Waals surface area (Å²) < 4.78 is 5.44. The monoisotopic (exact) mass is 804 g/mol. The van der Waals surface area contributed by atoms with Crippen LogP contribution < -0.4 is 5.32 Å². The van der Waals surface area contributed by atoms with E-state index in [9.17, 15) is 19.8 Å². The summed E-state index contributed by atoms with van der Waals surface area (Å²) in [6.07, 6.45) is 54.3. The molecule has 0 radical (unpaired) electrons. The van der Waals surface area contributed by atoms with Crippen LogP contribution in [0.2, 0.25) is 0 Å². The van der Waals surface area contributed by atoms with Crippen molar-refractivity contribution in [3.63, 3.8) is 0 Å². The van der Waals surface area contributed by atoms with Gasteiger partial charge in [0.25, 0.3) is 0 Å². The maximum absolute atomic E-state index is 12.4. The summed E-state index contributed by atoms with van der Waals surface area (Å²) >= 11 is 0. The minimum atomic E-state index is -0.679. The highest BCUT2D eigenvalue weighted by Crippen LogP contribution is 2.15. The van der Waals surface area contributed by atoms with Crippen molar-refractivity contribution in [2.75, 3.05) is 13.2 Å². The molecule has 0 bridgehead atoms. The smallest absolute Gasteiger partial charge is 0.305 e. The predicted molar refractivity (Wildman–Crippen MR) is 246 cm³/mol. The lowest BCUT2D eigenvalue weighted by Crippen LogP contribution is -2.45. The van der Waals surface area contributed by atoms with Gasteiger partial charge in [0, 0.05) is 12.8 Å². The molecule has 0 saturated heterocycles. The van der Waals surface area contributed by atoms with E-state index >= 15 is 0 Å². The van der Waals surface area contributed by atoms with Gasteiger partial charge >= 0.3 is 5.97 Å². The molecule has 0 aliphatic heterocycles. The molecule has 0 heterocycles. The second kappa shape index (κ2) is 47.0. The Morgan fingerprint density at radius 3 is 1.25 bits per heavy atom. The predicted octanol–water partition coefficient (Wildman–Crippen LogP) is 14.7. The molecular weight excluding hydrogens is 707 g/mol. The largest absolute Gasteiger partial charge is 0.466 e. The van der Waals surface area contributed by atoms with Gasteiger partial charge in [-0.1, -0.05) is 192 Å². The van der Waals surface area contributed by atoms with Crippen LogP contribution in [0.1, 0.15) is 264 Å². The fourth-order valence-corrected chi connectivity index (χ4v) is 7.57. The molecule has 2 unspecified atom stereocenters. The molecule has 0 rings (SSSR count). The lowest BCUT2D eigenvalue weighted by atomic mass is 10.0. The average molecular weight is 804 g/mol. The second-order valence-electron chi connectivity index (χ2n) is 17.1. The Balaban J connectivity index is 3.50. The fourth-order valence-electron chi connectivity index (χ4n) is 7.57. The van der Waals surface area contributed by atoms with E-state index in [2.05, 4.69) is 43.5 Å². The number of amides is 1. The summed E-state index contributed by atoms with van der Waals surface area (Å²) in [4.78, 5) is 24.4. The zero-order chi connectivity index (χ0) is 41.5. The van der Waals surface area contributed by atoms with Crippen LogP contribution in [0.5, 0.6) is 0 Å². The molecule has 0 aliphatic carbocycles. The van der Waals surface area contributed by atoms with Crippen molar-refractivity contribution in [3.8, 4) is 0 Å². The highest BCUT2D eigenvalue weighted by Gasteiger charge is 2.20. The SMILES string of the molecule is CCCCCCCCC/C=C\CCCCCCCC(=O)OCCCCC/C=C\CCCCCCCC(=O)NC(CO)C(O)CCCCCCCCCCCCCC. The Morgan fingerprint density at radius 2 is 0.825 bits per heavy atom. The zero-order valence-corrected chi connectivity index (χ0v) is 38.1. The van der Waals surface area contributed by atoms with Gasteiger partial charge in [0.05, 0.1) is 25.4 Å². The van der Waals surface area contributed by atoms with Gasteiger partial charge in [-0.25, -0.2) is 0 Å². The van der Waals surface area contributed by atoms with Gasteiger partial charge in [-0.05, 0) is 83.5 Å². The third kappa shape index (κ3) is 43.7. The van der Waals surface area contributed by atoms with Gasteiger partial charge in [0.2, 0.25) is 5.91 Å². The minimum absolute atomic E-state index is 0.0305. The molecule has 0 saturated carbocycles. The third-order valence-corrected chi connectivity index (χ3v) is 11.5. The van der Waals surface area contributed by atoms with E-state index in [4.69, 9.17) is 4.74 Å². The van der Waals surface area contributed by atoms with Gasteiger partial charge in [0.1, 0.15) is 0 Å². The summed E-state index contributed by atoms with van der Waals surface area (Å²) in [5.74, 6) is -0.0927. The van der Waals surface area contributed by atoms with Crippen molar-refractivity contribution in [2.45, 2.75) is 276 Å². The number of ether oxygens (including phenoxy) is 1. The van der Waals surface area contributed by atoms with Crippen molar-refractivity contribution in [2.24, 2.45) is 0 Å². The van der Waals surface area contributed by atoms with Gasteiger partial charge < -0.3 is 20.3 Å². The van der Waals surface area contributed by atoms with E-state index in [-0.39, 0.29) is 18.5 Å². The van der Waals surface area contributed by atoms with Gasteiger partial charge in [0.15, 0.2) is 0 Å². The molecule has 0 spiro atoms. The molecule has 336 valence electrons. The molecule has 0 aromatic carbocycles. The summed E-state index contributed by atoms with van der Waals surface area (Å²) in [6.45, 7) is 4.88. The number of rotatable bonds is 46. The Morgan fingerprint density at radius 1 is 0.474 bits per heavy atom.